The Labute approximate surface area is 133 Å². The SMILES string of the molecule is CCCC(=O)N1CCCCC1C(=O)NCC(N)C1CC1.Cl. The summed E-state index contributed by atoms with van der Waals surface area (Å²) in [6, 6.07) is -0.212. The molecule has 6 heteroatoms. The first-order valence-electron chi connectivity index (χ1n) is 7.96. The fraction of sp³-hybridized carbons (Fsp3) is 0.867. The number of halogens is 1. The third kappa shape index (κ3) is 5.15. The van der Waals surface area contributed by atoms with Gasteiger partial charge in [0.25, 0.3) is 0 Å². The van der Waals surface area contributed by atoms with Gasteiger partial charge in [0.1, 0.15) is 6.04 Å². The van der Waals surface area contributed by atoms with Gasteiger partial charge < -0.3 is 16.0 Å². The molecule has 2 rings (SSSR count). The summed E-state index contributed by atoms with van der Waals surface area (Å²) in [6.45, 7) is 3.24. The van der Waals surface area contributed by atoms with Crippen LogP contribution in [-0.4, -0.2) is 41.9 Å². The number of amides is 2. The van der Waals surface area contributed by atoms with Gasteiger partial charge in [-0.25, -0.2) is 0 Å². The summed E-state index contributed by atoms with van der Waals surface area (Å²) in [4.78, 5) is 26.2. The maximum absolute atomic E-state index is 12.3. The lowest BCUT2D eigenvalue weighted by Gasteiger charge is -2.35. The zero-order valence-electron chi connectivity index (χ0n) is 12.8. The van der Waals surface area contributed by atoms with Gasteiger partial charge in [0.2, 0.25) is 11.8 Å². The number of piperidine rings is 1. The summed E-state index contributed by atoms with van der Waals surface area (Å²) in [7, 11) is 0. The van der Waals surface area contributed by atoms with Crippen LogP contribution >= 0.6 is 12.4 Å². The van der Waals surface area contributed by atoms with Crippen LogP contribution in [0.15, 0.2) is 0 Å². The lowest BCUT2D eigenvalue weighted by molar-refractivity contribution is -0.142. The summed E-state index contributed by atoms with van der Waals surface area (Å²) in [5, 5.41) is 2.94. The second kappa shape index (κ2) is 8.59. The van der Waals surface area contributed by atoms with Gasteiger partial charge >= 0.3 is 0 Å². The Morgan fingerprint density at radius 1 is 1.29 bits per heavy atom. The van der Waals surface area contributed by atoms with Crippen LogP contribution in [0.1, 0.15) is 51.9 Å². The van der Waals surface area contributed by atoms with Crippen LogP contribution < -0.4 is 11.1 Å². The molecule has 0 bridgehead atoms. The molecule has 0 radical (unpaired) electrons. The van der Waals surface area contributed by atoms with Gasteiger partial charge in [-0.2, -0.15) is 0 Å². The average Bonchev–Trinajstić information content (AvgIpc) is 3.29. The Bertz CT molecular complexity index is 361. The first kappa shape index (κ1) is 18.2. The minimum Gasteiger partial charge on any atom is -0.353 e. The van der Waals surface area contributed by atoms with Crippen molar-refractivity contribution < 1.29 is 9.59 Å². The molecular formula is C15H28ClN3O2. The van der Waals surface area contributed by atoms with Gasteiger partial charge in [-0.1, -0.05) is 6.92 Å². The summed E-state index contributed by atoms with van der Waals surface area (Å²) >= 11 is 0. The van der Waals surface area contributed by atoms with Crippen LogP contribution in [-0.2, 0) is 9.59 Å². The van der Waals surface area contributed by atoms with Crippen molar-refractivity contribution in [2.45, 2.75) is 64.0 Å². The minimum absolute atomic E-state index is 0. The molecular weight excluding hydrogens is 290 g/mol. The van der Waals surface area contributed by atoms with Crippen LogP contribution in [0.5, 0.6) is 0 Å². The molecule has 2 aliphatic rings. The standard InChI is InChI=1S/C15H27N3O2.ClH/c1-2-5-14(19)18-9-4-3-6-13(18)15(20)17-10-12(16)11-7-8-11;/h11-13H,2-10,16H2,1H3,(H,17,20);1H. The number of likely N-dealkylation sites (tertiary alicyclic amines) is 1. The normalized spacial score (nSPS) is 23.1. The number of carbonyl (C=O) groups excluding carboxylic acids is 2. The quantitative estimate of drug-likeness (QED) is 0.778. The Hall–Kier alpha value is -0.810. The van der Waals surface area contributed by atoms with Crippen molar-refractivity contribution in [3.8, 4) is 0 Å². The van der Waals surface area contributed by atoms with Crippen LogP contribution in [0.25, 0.3) is 0 Å². The predicted molar refractivity (Wildman–Crippen MR) is 85.2 cm³/mol. The van der Waals surface area contributed by atoms with E-state index in [1.165, 1.54) is 12.8 Å². The zero-order chi connectivity index (χ0) is 14.5. The number of nitrogens with two attached hydrogens (primary N) is 1. The number of carbonyl (C=O) groups is 2. The molecule has 0 aromatic heterocycles. The van der Waals surface area contributed by atoms with E-state index in [2.05, 4.69) is 5.32 Å². The smallest absolute Gasteiger partial charge is 0.242 e. The van der Waals surface area contributed by atoms with Crippen molar-refractivity contribution in [2.24, 2.45) is 11.7 Å². The van der Waals surface area contributed by atoms with Gasteiger partial charge in [-0.05, 0) is 44.4 Å². The van der Waals surface area contributed by atoms with Gasteiger partial charge in [0.05, 0.1) is 0 Å². The molecule has 1 saturated carbocycles. The van der Waals surface area contributed by atoms with Crippen molar-refractivity contribution >= 4 is 24.2 Å². The van der Waals surface area contributed by atoms with E-state index >= 15 is 0 Å². The monoisotopic (exact) mass is 317 g/mol. The third-order valence-electron chi connectivity index (χ3n) is 4.33. The van der Waals surface area contributed by atoms with E-state index in [1.54, 1.807) is 4.90 Å². The van der Waals surface area contributed by atoms with Crippen molar-refractivity contribution in [3.63, 3.8) is 0 Å². The summed E-state index contributed by atoms with van der Waals surface area (Å²) in [6.07, 6.45) is 6.52. The minimum atomic E-state index is -0.283. The lowest BCUT2D eigenvalue weighted by Crippen LogP contribution is -2.53. The van der Waals surface area contributed by atoms with Crippen molar-refractivity contribution in [1.29, 1.82) is 0 Å². The molecule has 1 saturated heterocycles. The van der Waals surface area contributed by atoms with E-state index < -0.39 is 0 Å². The third-order valence-corrected chi connectivity index (χ3v) is 4.33. The van der Waals surface area contributed by atoms with E-state index in [1.807, 2.05) is 6.92 Å². The molecule has 1 aliphatic carbocycles. The zero-order valence-corrected chi connectivity index (χ0v) is 13.7. The van der Waals surface area contributed by atoms with Crippen LogP contribution in [0.4, 0.5) is 0 Å². The Morgan fingerprint density at radius 2 is 2.00 bits per heavy atom. The molecule has 0 spiro atoms. The molecule has 1 aliphatic heterocycles. The Morgan fingerprint density at radius 3 is 2.62 bits per heavy atom. The van der Waals surface area contributed by atoms with Crippen molar-refractivity contribution in [1.82, 2.24) is 10.2 Å². The number of nitrogens with zero attached hydrogens (tertiary/aromatic N) is 1. The maximum atomic E-state index is 12.3. The molecule has 2 unspecified atom stereocenters. The first-order chi connectivity index (χ1) is 9.63. The molecule has 21 heavy (non-hydrogen) atoms. The fourth-order valence-corrected chi connectivity index (χ4v) is 2.89. The number of hydrogen-bond donors (Lipinski definition) is 2. The molecule has 2 fully saturated rings. The highest BCUT2D eigenvalue weighted by molar-refractivity contribution is 5.87. The average molecular weight is 318 g/mol. The van der Waals surface area contributed by atoms with Crippen LogP contribution in [0, 0.1) is 5.92 Å². The molecule has 5 nitrogen and oxygen atoms in total. The summed E-state index contributed by atoms with van der Waals surface area (Å²) < 4.78 is 0. The van der Waals surface area contributed by atoms with E-state index in [9.17, 15) is 9.59 Å². The molecule has 2 amide bonds. The highest BCUT2D eigenvalue weighted by Gasteiger charge is 2.33. The molecule has 122 valence electrons. The first-order valence-corrected chi connectivity index (χ1v) is 7.96. The van der Waals surface area contributed by atoms with E-state index in [0.29, 0.717) is 25.4 Å². The van der Waals surface area contributed by atoms with E-state index in [4.69, 9.17) is 5.73 Å². The van der Waals surface area contributed by atoms with Gasteiger partial charge in [-0.15, -0.1) is 12.4 Å². The maximum Gasteiger partial charge on any atom is 0.242 e. The topological polar surface area (TPSA) is 75.4 Å². The lowest BCUT2D eigenvalue weighted by atomic mass is 10.0. The number of rotatable bonds is 6. The van der Waals surface area contributed by atoms with E-state index in [-0.39, 0.29) is 36.3 Å². The second-order valence-corrected chi connectivity index (χ2v) is 6.10. The highest BCUT2D eigenvalue weighted by Crippen LogP contribution is 2.31. The molecule has 3 N–H and O–H groups in total. The van der Waals surface area contributed by atoms with Crippen molar-refractivity contribution in [3.05, 3.63) is 0 Å². The molecule has 0 aromatic carbocycles. The summed E-state index contributed by atoms with van der Waals surface area (Å²) in [5.74, 6) is 0.670. The van der Waals surface area contributed by atoms with Gasteiger partial charge in [-0.3, -0.25) is 9.59 Å². The fourth-order valence-electron chi connectivity index (χ4n) is 2.89. The Balaban J connectivity index is 0.00000220. The molecule has 1 heterocycles. The number of nitrogens with one attached hydrogen (secondary N) is 1. The van der Waals surface area contributed by atoms with Crippen LogP contribution in [0.2, 0.25) is 0 Å². The van der Waals surface area contributed by atoms with Gasteiger partial charge in [0, 0.05) is 25.6 Å². The summed E-state index contributed by atoms with van der Waals surface area (Å²) in [5.41, 5.74) is 6.00. The van der Waals surface area contributed by atoms with Crippen LogP contribution in [0.3, 0.4) is 0 Å². The van der Waals surface area contributed by atoms with Crippen molar-refractivity contribution in [2.75, 3.05) is 13.1 Å². The number of hydrogen-bond acceptors (Lipinski definition) is 3. The Kier molecular flexibility index (Phi) is 7.46. The predicted octanol–water partition coefficient (Wildman–Crippen LogP) is 1.44. The molecule has 2 atom stereocenters. The highest BCUT2D eigenvalue weighted by atomic mass is 35.5. The van der Waals surface area contributed by atoms with E-state index in [0.717, 1.165) is 25.7 Å². The largest absolute Gasteiger partial charge is 0.353 e. The van der Waals surface area contributed by atoms with Gasteiger partial charge in [0.15, 0.2) is 0 Å². The second-order valence-electron chi connectivity index (χ2n) is 6.10. The molecule has 0 aromatic rings.